The molecule has 2 aromatic heterocycles. The molecule has 1 saturated carbocycles. The van der Waals surface area contributed by atoms with Gasteiger partial charge in [-0.3, -0.25) is 19.3 Å². The first-order valence-corrected chi connectivity index (χ1v) is 12.3. The summed E-state index contributed by atoms with van der Waals surface area (Å²) in [6.07, 6.45) is 9.95. The summed E-state index contributed by atoms with van der Waals surface area (Å²) in [7, 11) is 1.74. The lowest BCUT2D eigenvalue weighted by Gasteiger charge is -2.28. The topological polar surface area (TPSA) is 98.6 Å². The maximum absolute atomic E-state index is 12.7. The number of carbonyl (C=O) groups is 2. The van der Waals surface area contributed by atoms with Crippen LogP contribution in [-0.2, 0) is 16.1 Å². The van der Waals surface area contributed by atoms with Gasteiger partial charge in [0.15, 0.2) is 0 Å². The van der Waals surface area contributed by atoms with Crippen LogP contribution in [-0.4, -0.2) is 57.8 Å². The quantitative estimate of drug-likeness (QED) is 0.464. The second-order valence-corrected chi connectivity index (χ2v) is 9.17. The number of nitrogens with one attached hydrogen (secondary N) is 1. The number of likely N-dealkylation sites (N-methyl/N-ethyl adjacent to an activating group) is 1. The zero-order valence-corrected chi connectivity index (χ0v) is 20.8. The van der Waals surface area contributed by atoms with Crippen LogP contribution in [0, 0.1) is 12.8 Å². The molecule has 1 aliphatic carbocycles. The minimum Gasteiger partial charge on any atom is -0.492 e. The maximum Gasteiger partial charge on any atom is 0.244 e. The van der Waals surface area contributed by atoms with Gasteiger partial charge in [0.25, 0.3) is 0 Å². The molecule has 4 rings (SSSR count). The summed E-state index contributed by atoms with van der Waals surface area (Å²) in [4.78, 5) is 31.0. The third kappa shape index (κ3) is 7.31. The van der Waals surface area contributed by atoms with Crippen LogP contribution in [0.4, 0.5) is 5.69 Å². The molecule has 2 heterocycles. The fraction of sp³-hybridized carbons (Fsp3) is 0.407. The Balaban J connectivity index is 1.17. The van der Waals surface area contributed by atoms with Crippen LogP contribution in [0.5, 0.6) is 11.5 Å². The van der Waals surface area contributed by atoms with Gasteiger partial charge in [0.05, 0.1) is 30.7 Å². The summed E-state index contributed by atoms with van der Waals surface area (Å²) < 4.78 is 13.2. The van der Waals surface area contributed by atoms with Gasteiger partial charge in [0.2, 0.25) is 11.8 Å². The van der Waals surface area contributed by atoms with Crippen molar-refractivity contribution in [2.45, 2.75) is 45.3 Å². The van der Waals surface area contributed by atoms with Crippen LogP contribution in [0.15, 0.2) is 61.2 Å². The number of aryl methyl sites for hydroxylation is 1. The Hall–Kier alpha value is -3.88. The molecule has 0 aliphatic heterocycles. The molecule has 2 amide bonds. The van der Waals surface area contributed by atoms with Gasteiger partial charge >= 0.3 is 0 Å². The number of carbonyl (C=O) groups excluding carboxylic acids is 2. The molecule has 0 spiro atoms. The SMILES string of the molecule is Cc1ccc(OCCN(C)C(=O)Cn2cc(NC(=O)C3CCC(Oc4cccnc4)CC3)cn2)cc1. The van der Waals surface area contributed by atoms with Crippen LogP contribution >= 0.6 is 0 Å². The smallest absolute Gasteiger partial charge is 0.244 e. The highest BCUT2D eigenvalue weighted by Gasteiger charge is 2.27. The van der Waals surface area contributed by atoms with Gasteiger partial charge in [0, 0.05) is 25.4 Å². The Labute approximate surface area is 211 Å². The number of ether oxygens (including phenoxy) is 2. The van der Waals surface area contributed by atoms with Crippen molar-refractivity contribution in [3.63, 3.8) is 0 Å². The Bertz CT molecular complexity index is 1120. The standard InChI is InChI=1S/C27H33N5O4/c1-20-5-9-23(10-6-20)35-15-14-31(2)26(33)19-32-18-22(16-29-32)30-27(34)21-7-11-24(12-8-21)36-25-4-3-13-28-17-25/h3-6,9-10,13,16-18,21,24H,7-8,11-12,14-15,19H2,1-2H3,(H,30,34). The maximum atomic E-state index is 12.7. The van der Waals surface area contributed by atoms with Gasteiger partial charge in [-0.05, 0) is 56.9 Å². The molecule has 0 atom stereocenters. The van der Waals surface area contributed by atoms with E-state index in [0.29, 0.717) is 18.8 Å². The van der Waals surface area contributed by atoms with Gasteiger partial charge in [-0.2, -0.15) is 5.10 Å². The largest absolute Gasteiger partial charge is 0.492 e. The third-order valence-electron chi connectivity index (χ3n) is 6.32. The molecular weight excluding hydrogens is 458 g/mol. The fourth-order valence-corrected chi connectivity index (χ4v) is 4.13. The Morgan fingerprint density at radius 3 is 2.58 bits per heavy atom. The van der Waals surface area contributed by atoms with Crippen LogP contribution in [0.1, 0.15) is 31.2 Å². The number of rotatable bonds is 10. The second kappa shape index (κ2) is 12.2. The highest BCUT2D eigenvalue weighted by Crippen LogP contribution is 2.28. The highest BCUT2D eigenvalue weighted by molar-refractivity contribution is 5.92. The predicted molar refractivity (Wildman–Crippen MR) is 136 cm³/mol. The van der Waals surface area contributed by atoms with Crippen molar-refractivity contribution in [1.29, 1.82) is 0 Å². The van der Waals surface area contributed by atoms with Gasteiger partial charge in [-0.15, -0.1) is 0 Å². The molecule has 3 aromatic rings. The van der Waals surface area contributed by atoms with Crippen molar-refractivity contribution < 1.29 is 19.1 Å². The summed E-state index contributed by atoms with van der Waals surface area (Å²) in [6, 6.07) is 11.5. The van der Waals surface area contributed by atoms with E-state index >= 15 is 0 Å². The zero-order chi connectivity index (χ0) is 25.3. The van der Waals surface area contributed by atoms with E-state index in [1.165, 1.54) is 10.2 Å². The molecule has 1 fully saturated rings. The summed E-state index contributed by atoms with van der Waals surface area (Å²) >= 11 is 0. The molecule has 1 N–H and O–H groups in total. The molecule has 9 nitrogen and oxygen atoms in total. The molecule has 0 bridgehead atoms. The van der Waals surface area contributed by atoms with Gasteiger partial charge in [-0.25, -0.2) is 0 Å². The number of benzene rings is 1. The highest BCUT2D eigenvalue weighted by atomic mass is 16.5. The van der Waals surface area contributed by atoms with Crippen LogP contribution in [0.3, 0.4) is 0 Å². The van der Waals surface area contributed by atoms with E-state index in [2.05, 4.69) is 15.4 Å². The molecule has 9 heteroatoms. The summed E-state index contributed by atoms with van der Waals surface area (Å²) in [6.45, 7) is 2.98. The van der Waals surface area contributed by atoms with E-state index in [9.17, 15) is 9.59 Å². The first-order chi connectivity index (χ1) is 17.5. The normalized spacial score (nSPS) is 17.3. The minimum atomic E-state index is -0.0876. The number of hydrogen-bond acceptors (Lipinski definition) is 6. The van der Waals surface area contributed by atoms with Crippen molar-refractivity contribution in [3.05, 3.63) is 66.7 Å². The molecular formula is C27H33N5O4. The lowest BCUT2D eigenvalue weighted by molar-refractivity contribution is -0.131. The first kappa shape index (κ1) is 25.2. The number of hydrogen-bond donors (Lipinski definition) is 1. The molecule has 36 heavy (non-hydrogen) atoms. The third-order valence-corrected chi connectivity index (χ3v) is 6.32. The predicted octanol–water partition coefficient (Wildman–Crippen LogP) is 3.70. The van der Waals surface area contributed by atoms with Crippen molar-refractivity contribution in [3.8, 4) is 11.5 Å². The molecule has 0 unspecified atom stereocenters. The summed E-state index contributed by atoms with van der Waals surface area (Å²) in [5.74, 6) is 1.37. The monoisotopic (exact) mass is 491 g/mol. The average Bonchev–Trinajstić information content (AvgIpc) is 3.32. The molecule has 0 saturated heterocycles. The summed E-state index contributed by atoms with van der Waals surface area (Å²) in [5.41, 5.74) is 1.76. The number of pyridine rings is 1. The lowest BCUT2D eigenvalue weighted by atomic mass is 9.86. The molecule has 190 valence electrons. The van der Waals surface area contributed by atoms with Crippen molar-refractivity contribution in [2.75, 3.05) is 25.5 Å². The Morgan fingerprint density at radius 1 is 1.08 bits per heavy atom. The van der Waals surface area contributed by atoms with Crippen LogP contribution in [0.2, 0.25) is 0 Å². The fourth-order valence-electron chi connectivity index (χ4n) is 4.13. The van der Waals surface area contributed by atoms with Gasteiger partial charge in [-0.1, -0.05) is 17.7 Å². The van der Waals surface area contributed by atoms with Crippen molar-refractivity contribution in [2.24, 2.45) is 5.92 Å². The Morgan fingerprint density at radius 2 is 1.86 bits per heavy atom. The number of amides is 2. The van der Waals surface area contributed by atoms with Gasteiger partial charge in [0.1, 0.15) is 24.7 Å². The van der Waals surface area contributed by atoms with E-state index < -0.39 is 0 Å². The van der Waals surface area contributed by atoms with E-state index in [-0.39, 0.29) is 30.4 Å². The Kier molecular flexibility index (Phi) is 8.54. The molecule has 0 radical (unpaired) electrons. The van der Waals surface area contributed by atoms with Crippen LogP contribution in [0.25, 0.3) is 0 Å². The lowest BCUT2D eigenvalue weighted by Crippen LogP contribution is -2.33. The molecule has 1 aliphatic rings. The van der Waals surface area contributed by atoms with E-state index in [1.807, 2.05) is 43.3 Å². The molecule has 1 aromatic carbocycles. The number of nitrogens with zero attached hydrogens (tertiary/aromatic N) is 4. The first-order valence-electron chi connectivity index (χ1n) is 12.3. The number of aromatic nitrogens is 3. The second-order valence-electron chi connectivity index (χ2n) is 9.17. The average molecular weight is 492 g/mol. The van der Waals surface area contributed by atoms with Crippen molar-refractivity contribution in [1.82, 2.24) is 19.7 Å². The van der Waals surface area contributed by atoms with E-state index in [4.69, 9.17) is 9.47 Å². The van der Waals surface area contributed by atoms with Crippen molar-refractivity contribution >= 4 is 17.5 Å². The van der Waals surface area contributed by atoms with Crippen LogP contribution < -0.4 is 14.8 Å². The van der Waals surface area contributed by atoms with E-state index in [1.54, 1.807) is 36.7 Å². The summed E-state index contributed by atoms with van der Waals surface area (Å²) in [5, 5.41) is 7.17. The van der Waals surface area contributed by atoms with Gasteiger partial charge < -0.3 is 19.7 Å². The van der Waals surface area contributed by atoms with E-state index in [0.717, 1.165) is 37.2 Å². The minimum absolute atomic E-state index is 0.0222. The zero-order valence-electron chi connectivity index (χ0n) is 20.8. The number of anilines is 1.